The van der Waals surface area contributed by atoms with E-state index in [-0.39, 0.29) is 18.9 Å². The average Bonchev–Trinajstić information content (AvgIpc) is 2.92. The molecule has 0 saturated heterocycles. The zero-order valence-electron chi connectivity index (χ0n) is 22.5. The maximum absolute atomic E-state index is 13.5. The van der Waals surface area contributed by atoms with E-state index in [9.17, 15) is 18.6 Å². The van der Waals surface area contributed by atoms with E-state index in [1.165, 1.54) is 23.2 Å². The molecule has 0 bridgehead atoms. The summed E-state index contributed by atoms with van der Waals surface area (Å²) in [7, 11) is 0.0210. The largest absolute Gasteiger partial charge is 0.501 e. The van der Waals surface area contributed by atoms with Gasteiger partial charge < -0.3 is 14.8 Å². The average molecular weight is 587 g/mol. The molecule has 1 aromatic heterocycles. The van der Waals surface area contributed by atoms with Crippen molar-refractivity contribution in [1.29, 1.82) is 0 Å². The predicted octanol–water partition coefficient (Wildman–Crippen LogP) is 3.94. The van der Waals surface area contributed by atoms with Crippen molar-refractivity contribution in [3.63, 3.8) is 0 Å². The van der Waals surface area contributed by atoms with Crippen LogP contribution in [0.2, 0.25) is 5.02 Å². The Kier molecular flexibility index (Phi) is 10.9. The highest BCUT2D eigenvalue weighted by Crippen LogP contribution is 2.20. The second-order valence-electron chi connectivity index (χ2n) is 8.87. The molecule has 2 aromatic carbocycles. The maximum Gasteiger partial charge on any atom is 0.332 e. The lowest BCUT2D eigenvalue weighted by molar-refractivity contribution is -0.123. The summed E-state index contributed by atoms with van der Waals surface area (Å²) in [5.41, 5.74) is 0.208. The van der Waals surface area contributed by atoms with Crippen LogP contribution in [0.25, 0.3) is 0 Å². The Morgan fingerprint density at radius 3 is 2.40 bits per heavy atom. The van der Waals surface area contributed by atoms with Gasteiger partial charge in [0.2, 0.25) is 5.91 Å². The lowest BCUT2D eigenvalue weighted by atomic mass is 10.1. The van der Waals surface area contributed by atoms with Crippen molar-refractivity contribution in [2.45, 2.75) is 26.9 Å². The van der Waals surface area contributed by atoms with E-state index in [4.69, 9.17) is 21.1 Å². The summed E-state index contributed by atoms with van der Waals surface area (Å²) in [4.78, 5) is 38.8. The molecule has 0 aliphatic rings. The molecule has 3 rings (SSSR count). The van der Waals surface area contributed by atoms with Gasteiger partial charge in [-0.25, -0.2) is 9.00 Å². The standard InChI is InChI=1S/C28H31ClN4O6S/c1-19(27(35)31-40(4)37)17-33-26(34)16-25(32(28(33)36)18-21-7-9-22(29)10-8-21)30-23-11-13-24(14-12-23)39-15-5-6-20(2)38-3/h5-16,19,30H,17-18H2,1-4H3,(H,31,35)/b15-5+,20-6+/t19-,40?/m0/s1. The van der Waals surface area contributed by atoms with Crippen LogP contribution in [0.4, 0.5) is 11.5 Å². The van der Waals surface area contributed by atoms with E-state index in [2.05, 4.69) is 10.0 Å². The van der Waals surface area contributed by atoms with Crippen molar-refractivity contribution in [1.82, 2.24) is 13.9 Å². The van der Waals surface area contributed by atoms with Gasteiger partial charge in [-0.15, -0.1) is 0 Å². The topological polar surface area (TPSA) is 121 Å². The number of benzene rings is 2. The number of allylic oxidation sites excluding steroid dienone is 3. The number of amides is 1. The molecule has 0 aliphatic heterocycles. The summed E-state index contributed by atoms with van der Waals surface area (Å²) in [5.74, 6) is 0.287. The molecular formula is C28H31ClN4O6S. The SMILES string of the molecule is CO/C(C)=C/C=C/Oc1ccc(Nc2cc(=O)n(C[C@H](C)C(=O)NS(C)=O)c(=O)n2Cc2ccc(Cl)cc2)cc1. The van der Waals surface area contributed by atoms with E-state index < -0.39 is 34.1 Å². The fourth-order valence-corrected chi connectivity index (χ4v) is 4.15. The van der Waals surface area contributed by atoms with Gasteiger partial charge in [-0.2, -0.15) is 0 Å². The van der Waals surface area contributed by atoms with Crippen LogP contribution in [0.15, 0.2) is 88.4 Å². The summed E-state index contributed by atoms with van der Waals surface area (Å²) in [6.07, 6.45) is 6.32. The van der Waals surface area contributed by atoms with Crippen LogP contribution in [0.1, 0.15) is 19.4 Å². The minimum absolute atomic E-state index is 0.137. The van der Waals surface area contributed by atoms with Crippen LogP contribution in [-0.4, -0.2) is 32.6 Å². The van der Waals surface area contributed by atoms with Gasteiger partial charge in [0, 0.05) is 29.6 Å². The fraction of sp³-hybridized carbons (Fsp3) is 0.250. The molecule has 0 saturated carbocycles. The van der Waals surface area contributed by atoms with Gasteiger partial charge in [0.1, 0.15) is 22.6 Å². The molecule has 1 unspecified atom stereocenters. The molecule has 2 atom stereocenters. The van der Waals surface area contributed by atoms with E-state index in [0.29, 0.717) is 16.5 Å². The van der Waals surface area contributed by atoms with Crippen molar-refractivity contribution >= 4 is 40.0 Å². The van der Waals surface area contributed by atoms with Gasteiger partial charge in [0.15, 0.2) is 0 Å². The van der Waals surface area contributed by atoms with Gasteiger partial charge in [0.05, 0.1) is 31.6 Å². The smallest absolute Gasteiger partial charge is 0.332 e. The first-order chi connectivity index (χ1) is 19.1. The maximum atomic E-state index is 13.5. The second-order valence-corrected chi connectivity index (χ2v) is 10.4. The van der Waals surface area contributed by atoms with E-state index >= 15 is 0 Å². The van der Waals surface area contributed by atoms with Crippen molar-refractivity contribution in [3.8, 4) is 5.75 Å². The number of hydrogen-bond donors (Lipinski definition) is 2. The monoisotopic (exact) mass is 586 g/mol. The summed E-state index contributed by atoms with van der Waals surface area (Å²) in [6.45, 7) is 3.33. The molecule has 40 heavy (non-hydrogen) atoms. The third-order valence-corrected chi connectivity index (χ3v) is 6.48. The van der Waals surface area contributed by atoms with E-state index in [0.717, 1.165) is 15.9 Å². The first-order valence-corrected chi connectivity index (χ1v) is 14.1. The van der Waals surface area contributed by atoms with Gasteiger partial charge in [0.25, 0.3) is 5.56 Å². The molecule has 1 amide bonds. The number of rotatable bonds is 12. The zero-order chi connectivity index (χ0) is 29.2. The number of ether oxygens (including phenoxy) is 2. The van der Waals surface area contributed by atoms with Crippen LogP contribution < -0.4 is 26.0 Å². The van der Waals surface area contributed by atoms with Gasteiger partial charge in [-0.3, -0.25) is 23.4 Å². The highest BCUT2D eigenvalue weighted by atomic mass is 35.5. The number of halogens is 1. The second kappa shape index (κ2) is 14.3. The Morgan fingerprint density at radius 2 is 1.77 bits per heavy atom. The molecule has 0 radical (unpaired) electrons. The Hall–Kier alpha value is -4.09. The van der Waals surface area contributed by atoms with Crippen molar-refractivity contribution in [2.24, 2.45) is 5.92 Å². The quantitative estimate of drug-likeness (QED) is 0.243. The van der Waals surface area contributed by atoms with Gasteiger partial charge >= 0.3 is 5.69 Å². The van der Waals surface area contributed by atoms with Crippen LogP contribution in [0.5, 0.6) is 5.75 Å². The predicted molar refractivity (Wildman–Crippen MR) is 157 cm³/mol. The minimum Gasteiger partial charge on any atom is -0.501 e. The molecule has 3 aromatic rings. The lowest BCUT2D eigenvalue weighted by Gasteiger charge is -2.18. The molecule has 0 fully saturated rings. The van der Waals surface area contributed by atoms with Crippen LogP contribution in [0.3, 0.4) is 0 Å². The first kappa shape index (κ1) is 30.5. The number of nitrogens with one attached hydrogen (secondary N) is 2. The Bertz CT molecular complexity index is 1530. The molecule has 12 heteroatoms. The molecule has 2 N–H and O–H groups in total. The Morgan fingerprint density at radius 1 is 1.10 bits per heavy atom. The van der Waals surface area contributed by atoms with Crippen molar-refractivity contribution < 1.29 is 18.5 Å². The highest BCUT2D eigenvalue weighted by Gasteiger charge is 2.19. The zero-order valence-corrected chi connectivity index (χ0v) is 24.1. The van der Waals surface area contributed by atoms with Gasteiger partial charge in [-0.05, 0) is 61.0 Å². The minimum atomic E-state index is -1.56. The number of nitrogens with zero attached hydrogens (tertiary/aromatic N) is 2. The van der Waals surface area contributed by atoms with Crippen LogP contribution in [-0.2, 0) is 33.6 Å². The molecule has 0 aliphatic carbocycles. The van der Waals surface area contributed by atoms with Crippen LogP contribution >= 0.6 is 11.6 Å². The van der Waals surface area contributed by atoms with Crippen molar-refractivity contribution in [3.05, 3.63) is 110 Å². The summed E-state index contributed by atoms with van der Waals surface area (Å²) in [5, 5.41) is 3.69. The fourth-order valence-electron chi connectivity index (χ4n) is 3.54. The third-order valence-electron chi connectivity index (χ3n) is 5.74. The summed E-state index contributed by atoms with van der Waals surface area (Å²) >= 11 is 6.02. The highest BCUT2D eigenvalue weighted by molar-refractivity contribution is 7.82. The summed E-state index contributed by atoms with van der Waals surface area (Å²) in [6, 6.07) is 15.3. The van der Waals surface area contributed by atoms with E-state index in [1.54, 1.807) is 74.7 Å². The molecule has 212 valence electrons. The Balaban J connectivity index is 1.91. The number of carbonyl (C=O) groups is 1. The third kappa shape index (κ3) is 8.72. The van der Waals surface area contributed by atoms with Gasteiger partial charge in [-0.1, -0.05) is 30.7 Å². The summed E-state index contributed by atoms with van der Waals surface area (Å²) < 4.78 is 26.7. The number of methoxy groups -OCH3 is 1. The normalized spacial score (nSPS) is 13.1. The first-order valence-electron chi connectivity index (χ1n) is 12.2. The molecule has 1 heterocycles. The number of aromatic nitrogens is 2. The van der Waals surface area contributed by atoms with Crippen molar-refractivity contribution in [2.75, 3.05) is 18.7 Å². The Labute approximate surface area is 239 Å². The molecular weight excluding hydrogens is 556 g/mol. The number of anilines is 2. The molecule has 10 nitrogen and oxygen atoms in total. The molecule has 0 spiro atoms. The number of carbonyl (C=O) groups excluding carboxylic acids is 1. The van der Waals surface area contributed by atoms with E-state index in [1.807, 2.05) is 6.92 Å². The lowest BCUT2D eigenvalue weighted by Crippen LogP contribution is -2.44. The van der Waals surface area contributed by atoms with Crippen LogP contribution in [0, 0.1) is 5.92 Å². The number of hydrogen-bond acceptors (Lipinski definition) is 7.